The van der Waals surface area contributed by atoms with Crippen molar-refractivity contribution >= 4 is 5.97 Å². The molecule has 1 aliphatic heterocycles. The molecular formula is C8H11N3O2. The Morgan fingerprint density at radius 2 is 2.38 bits per heavy atom. The number of carbonyl (C=O) groups is 1. The summed E-state index contributed by atoms with van der Waals surface area (Å²) in [6.45, 7) is 1.84. The molecule has 0 spiro atoms. The van der Waals surface area contributed by atoms with E-state index in [9.17, 15) is 4.79 Å². The van der Waals surface area contributed by atoms with Crippen molar-refractivity contribution in [1.82, 2.24) is 14.8 Å². The quantitative estimate of drug-likeness (QED) is 0.582. The highest BCUT2D eigenvalue weighted by Gasteiger charge is 2.31. The Morgan fingerprint density at radius 1 is 1.62 bits per heavy atom. The van der Waals surface area contributed by atoms with Crippen LogP contribution in [-0.4, -0.2) is 27.8 Å². The fourth-order valence-corrected chi connectivity index (χ4v) is 1.74. The largest absolute Gasteiger partial charge is 0.467 e. The summed E-state index contributed by atoms with van der Waals surface area (Å²) in [6, 6.07) is -0.213. The lowest BCUT2D eigenvalue weighted by molar-refractivity contribution is -0.144. The molecule has 13 heavy (non-hydrogen) atoms. The number of nitrogens with zero attached hydrogens (tertiary/aromatic N) is 3. The molecule has 0 radical (unpaired) electrons. The first-order chi connectivity index (χ1) is 6.24. The molecule has 5 nitrogen and oxygen atoms in total. The second-order valence-electron chi connectivity index (χ2n) is 3.11. The van der Waals surface area contributed by atoms with E-state index < -0.39 is 0 Å². The minimum absolute atomic E-state index is 0.207. The topological polar surface area (TPSA) is 57.0 Å². The Morgan fingerprint density at radius 3 is 3.08 bits per heavy atom. The molecule has 1 aromatic rings. The number of hydrogen-bond acceptors (Lipinski definition) is 4. The van der Waals surface area contributed by atoms with Crippen LogP contribution in [0.3, 0.4) is 0 Å². The number of esters is 1. The zero-order valence-corrected chi connectivity index (χ0v) is 7.65. The summed E-state index contributed by atoms with van der Waals surface area (Å²) in [4.78, 5) is 11.3. The zero-order valence-electron chi connectivity index (χ0n) is 7.65. The van der Waals surface area contributed by atoms with Crippen LogP contribution >= 0.6 is 0 Å². The monoisotopic (exact) mass is 181 g/mol. The van der Waals surface area contributed by atoms with Crippen LogP contribution in [0.25, 0.3) is 0 Å². The molecule has 0 aromatic carbocycles. The molecule has 2 heterocycles. The van der Waals surface area contributed by atoms with E-state index in [1.807, 2.05) is 11.5 Å². The highest BCUT2D eigenvalue weighted by Crippen LogP contribution is 2.26. The van der Waals surface area contributed by atoms with Crippen LogP contribution in [0.4, 0.5) is 0 Å². The van der Waals surface area contributed by atoms with Crippen LogP contribution in [-0.2, 0) is 16.0 Å². The second-order valence-corrected chi connectivity index (χ2v) is 3.11. The molecule has 1 aromatic heterocycles. The summed E-state index contributed by atoms with van der Waals surface area (Å²) in [7, 11) is 1.40. The lowest BCUT2D eigenvalue weighted by atomic mass is 10.2. The molecule has 0 N–H and O–H groups in total. The summed E-state index contributed by atoms with van der Waals surface area (Å²) >= 11 is 0. The number of carbonyl (C=O) groups excluding carboxylic acids is 1. The van der Waals surface area contributed by atoms with Crippen molar-refractivity contribution in [3.05, 3.63) is 11.6 Å². The van der Waals surface area contributed by atoms with Gasteiger partial charge in [0.05, 0.1) is 7.11 Å². The molecule has 5 heteroatoms. The van der Waals surface area contributed by atoms with Crippen molar-refractivity contribution in [3.8, 4) is 0 Å². The van der Waals surface area contributed by atoms with Gasteiger partial charge in [-0.1, -0.05) is 0 Å². The van der Waals surface area contributed by atoms with E-state index in [1.165, 1.54) is 7.11 Å². The fourth-order valence-electron chi connectivity index (χ4n) is 1.74. The number of hydrogen-bond donors (Lipinski definition) is 0. The van der Waals surface area contributed by atoms with Gasteiger partial charge in [0, 0.05) is 6.42 Å². The van der Waals surface area contributed by atoms with Crippen molar-refractivity contribution in [1.29, 1.82) is 0 Å². The predicted octanol–water partition coefficient (Wildman–Crippen LogP) is 0.247. The molecule has 0 bridgehead atoms. The van der Waals surface area contributed by atoms with Gasteiger partial charge in [-0.2, -0.15) is 0 Å². The van der Waals surface area contributed by atoms with Gasteiger partial charge in [0.1, 0.15) is 17.7 Å². The van der Waals surface area contributed by atoms with Crippen LogP contribution in [0.5, 0.6) is 0 Å². The van der Waals surface area contributed by atoms with E-state index in [-0.39, 0.29) is 12.0 Å². The highest BCUT2D eigenvalue weighted by atomic mass is 16.5. The van der Waals surface area contributed by atoms with Crippen LogP contribution in [0.1, 0.15) is 24.1 Å². The summed E-state index contributed by atoms with van der Waals surface area (Å²) < 4.78 is 6.55. The summed E-state index contributed by atoms with van der Waals surface area (Å²) in [5.41, 5.74) is 0. The van der Waals surface area contributed by atoms with Crippen molar-refractivity contribution in [3.63, 3.8) is 0 Å². The Hall–Kier alpha value is -1.39. The molecule has 1 aliphatic rings. The van der Waals surface area contributed by atoms with Gasteiger partial charge in [0.25, 0.3) is 0 Å². The van der Waals surface area contributed by atoms with Crippen molar-refractivity contribution in [2.24, 2.45) is 0 Å². The number of aromatic nitrogens is 3. The van der Waals surface area contributed by atoms with E-state index in [2.05, 4.69) is 10.2 Å². The Labute approximate surface area is 75.7 Å². The number of rotatable bonds is 1. The lowest BCUT2D eigenvalue weighted by Crippen LogP contribution is -2.18. The first-order valence-corrected chi connectivity index (χ1v) is 4.22. The van der Waals surface area contributed by atoms with Gasteiger partial charge in [0.15, 0.2) is 0 Å². The van der Waals surface area contributed by atoms with Gasteiger partial charge in [0.2, 0.25) is 0 Å². The Kier molecular flexibility index (Phi) is 1.79. The van der Waals surface area contributed by atoms with Crippen LogP contribution in [0.15, 0.2) is 0 Å². The number of ether oxygens (including phenoxy) is 1. The van der Waals surface area contributed by atoms with Crippen LogP contribution < -0.4 is 0 Å². The molecule has 0 aliphatic carbocycles. The molecular weight excluding hydrogens is 170 g/mol. The summed E-state index contributed by atoms with van der Waals surface area (Å²) in [5.74, 6) is 1.46. The SMILES string of the molecule is COC(=O)[C@@H]1CCc2nnc(C)n21. The van der Waals surface area contributed by atoms with Crippen LogP contribution in [0, 0.1) is 6.92 Å². The maximum Gasteiger partial charge on any atom is 0.328 e. The third-order valence-corrected chi connectivity index (χ3v) is 2.36. The summed E-state index contributed by atoms with van der Waals surface area (Å²) in [5, 5.41) is 7.88. The molecule has 0 saturated heterocycles. The number of fused-ring (bicyclic) bond motifs is 1. The average Bonchev–Trinajstić information content (AvgIpc) is 2.68. The third kappa shape index (κ3) is 1.11. The maximum atomic E-state index is 11.3. The molecule has 0 fully saturated rings. The lowest BCUT2D eigenvalue weighted by Gasteiger charge is -2.10. The van der Waals surface area contributed by atoms with Crippen molar-refractivity contribution in [2.75, 3.05) is 7.11 Å². The van der Waals surface area contributed by atoms with Gasteiger partial charge >= 0.3 is 5.97 Å². The van der Waals surface area contributed by atoms with E-state index >= 15 is 0 Å². The van der Waals surface area contributed by atoms with Crippen molar-refractivity contribution < 1.29 is 9.53 Å². The van der Waals surface area contributed by atoms with E-state index in [1.54, 1.807) is 0 Å². The fraction of sp³-hybridized carbons (Fsp3) is 0.625. The molecule has 0 unspecified atom stereocenters. The first kappa shape index (κ1) is 8.22. The first-order valence-electron chi connectivity index (χ1n) is 4.22. The standard InChI is InChI=1S/C8H11N3O2/c1-5-9-10-7-4-3-6(11(5)7)8(12)13-2/h6H,3-4H2,1-2H3/t6-/m0/s1. The highest BCUT2D eigenvalue weighted by molar-refractivity contribution is 5.74. The van der Waals surface area contributed by atoms with Crippen molar-refractivity contribution in [2.45, 2.75) is 25.8 Å². The summed E-state index contributed by atoms with van der Waals surface area (Å²) in [6.07, 6.45) is 1.58. The Balaban J connectivity index is 2.36. The van der Waals surface area contributed by atoms with Gasteiger partial charge in [-0.05, 0) is 13.3 Å². The molecule has 0 amide bonds. The van der Waals surface area contributed by atoms with Gasteiger partial charge in [-0.3, -0.25) is 0 Å². The minimum atomic E-state index is -0.213. The average molecular weight is 181 g/mol. The van der Waals surface area contributed by atoms with E-state index in [4.69, 9.17) is 4.74 Å². The van der Waals surface area contributed by atoms with E-state index in [0.717, 1.165) is 24.5 Å². The smallest absolute Gasteiger partial charge is 0.328 e. The molecule has 2 rings (SSSR count). The van der Waals surface area contributed by atoms with Crippen LogP contribution in [0.2, 0.25) is 0 Å². The Bertz CT molecular complexity index is 345. The minimum Gasteiger partial charge on any atom is -0.467 e. The molecule has 70 valence electrons. The molecule has 1 atom stereocenters. The maximum absolute atomic E-state index is 11.3. The second kappa shape index (κ2) is 2.83. The van der Waals surface area contributed by atoms with Gasteiger partial charge < -0.3 is 9.30 Å². The van der Waals surface area contributed by atoms with Gasteiger partial charge in [-0.15, -0.1) is 10.2 Å². The number of methoxy groups -OCH3 is 1. The normalized spacial score (nSPS) is 20.0. The third-order valence-electron chi connectivity index (χ3n) is 2.36. The predicted molar refractivity (Wildman–Crippen MR) is 44.1 cm³/mol. The zero-order chi connectivity index (χ0) is 9.42. The number of aryl methyl sites for hydroxylation is 2. The van der Waals surface area contributed by atoms with Gasteiger partial charge in [-0.25, -0.2) is 4.79 Å². The molecule has 0 saturated carbocycles. The van der Waals surface area contributed by atoms with E-state index in [0.29, 0.717) is 0 Å².